The predicted octanol–water partition coefficient (Wildman–Crippen LogP) is 0.556. The molecule has 4 heterocycles. The van der Waals surface area contributed by atoms with E-state index < -0.39 is 5.60 Å². The van der Waals surface area contributed by atoms with Crippen molar-refractivity contribution in [2.45, 2.75) is 38.5 Å². The number of amides is 1. The largest absolute Gasteiger partial charge is 0.387 e. The second-order valence-corrected chi connectivity index (χ2v) is 7.30. The molecule has 1 spiro atoms. The molecule has 1 N–H and O–H groups in total. The summed E-state index contributed by atoms with van der Waals surface area (Å²) in [6.07, 6.45) is 8.63. The minimum Gasteiger partial charge on any atom is -0.387 e. The van der Waals surface area contributed by atoms with Gasteiger partial charge in [-0.25, -0.2) is 0 Å². The topological polar surface area (TPSA) is 97.5 Å². The van der Waals surface area contributed by atoms with Crippen LogP contribution in [0.3, 0.4) is 0 Å². The molecule has 2 aliphatic heterocycles. The molecule has 27 heavy (non-hydrogen) atoms. The molecule has 0 bridgehead atoms. The second kappa shape index (κ2) is 7.07. The number of hydrogen-bond acceptors (Lipinski definition) is 7. The van der Waals surface area contributed by atoms with Crippen LogP contribution in [0.25, 0.3) is 0 Å². The number of carbonyl (C=O) groups is 1. The van der Waals surface area contributed by atoms with E-state index in [0.717, 1.165) is 31.7 Å². The summed E-state index contributed by atoms with van der Waals surface area (Å²) in [5, 5.41) is 11.1. The Hall–Kier alpha value is -2.81. The first-order chi connectivity index (χ1) is 13.0. The Bertz CT molecular complexity index is 861. The van der Waals surface area contributed by atoms with E-state index in [1.54, 1.807) is 17.1 Å². The van der Waals surface area contributed by atoms with Crippen molar-refractivity contribution in [1.82, 2.24) is 30.0 Å². The summed E-state index contributed by atoms with van der Waals surface area (Å²) in [7, 11) is 1.91. The lowest BCUT2D eigenvalue weighted by Gasteiger charge is -2.21. The van der Waals surface area contributed by atoms with Gasteiger partial charge in [0.15, 0.2) is 5.60 Å². The second-order valence-electron chi connectivity index (χ2n) is 7.30. The van der Waals surface area contributed by atoms with E-state index in [2.05, 4.69) is 30.4 Å². The fraction of sp³-hybridized carbons (Fsp3) is 0.500. The SMILES string of the molecule is Cc1cnc(CNC(=O)C2=NOC3(CCN(Cc4cnn(C)c4)C3)C2)cn1. The van der Waals surface area contributed by atoms with Crippen LogP contribution in [0.5, 0.6) is 0 Å². The fourth-order valence-electron chi connectivity index (χ4n) is 3.52. The molecular formula is C18H23N7O2. The molecule has 1 fully saturated rings. The molecule has 9 heteroatoms. The van der Waals surface area contributed by atoms with Crippen LogP contribution in [0.1, 0.15) is 29.8 Å². The summed E-state index contributed by atoms with van der Waals surface area (Å²) in [6, 6.07) is 0. The number of hydrogen-bond donors (Lipinski definition) is 1. The van der Waals surface area contributed by atoms with Crippen LogP contribution >= 0.6 is 0 Å². The van der Waals surface area contributed by atoms with Gasteiger partial charge in [-0.2, -0.15) is 5.10 Å². The molecule has 1 unspecified atom stereocenters. The van der Waals surface area contributed by atoms with Gasteiger partial charge in [0, 0.05) is 57.5 Å². The third kappa shape index (κ3) is 3.97. The highest BCUT2D eigenvalue weighted by Crippen LogP contribution is 2.34. The van der Waals surface area contributed by atoms with E-state index in [0.29, 0.717) is 24.4 Å². The minimum absolute atomic E-state index is 0.208. The molecule has 0 radical (unpaired) electrons. The van der Waals surface area contributed by atoms with Crippen molar-refractivity contribution in [2.24, 2.45) is 12.2 Å². The number of likely N-dealkylation sites (tertiary alicyclic amines) is 1. The lowest BCUT2D eigenvalue weighted by Crippen LogP contribution is -2.36. The van der Waals surface area contributed by atoms with Crippen LogP contribution in [0.15, 0.2) is 29.9 Å². The van der Waals surface area contributed by atoms with E-state index >= 15 is 0 Å². The van der Waals surface area contributed by atoms with Crippen molar-refractivity contribution in [1.29, 1.82) is 0 Å². The van der Waals surface area contributed by atoms with Crippen molar-refractivity contribution in [3.63, 3.8) is 0 Å². The fourth-order valence-corrected chi connectivity index (χ4v) is 3.52. The first-order valence-electron chi connectivity index (χ1n) is 9.02. The molecule has 1 saturated heterocycles. The Morgan fingerprint density at radius 3 is 2.96 bits per heavy atom. The number of nitrogens with one attached hydrogen (secondary N) is 1. The number of carbonyl (C=O) groups excluding carboxylic acids is 1. The van der Waals surface area contributed by atoms with Gasteiger partial charge in [-0.1, -0.05) is 5.16 Å². The maximum atomic E-state index is 12.4. The maximum Gasteiger partial charge on any atom is 0.269 e. The summed E-state index contributed by atoms with van der Waals surface area (Å²) in [5.41, 5.74) is 2.78. The van der Waals surface area contributed by atoms with Gasteiger partial charge in [0.1, 0.15) is 5.71 Å². The number of rotatable bonds is 5. The third-order valence-corrected chi connectivity index (χ3v) is 4.93. The molecule has 2 aliphatic rings. The molecule has 4 rings (SSSR count). The zero-order valence-corrected chi connectivity index (χ0v) is 15.6. The van der Waals surface area contributed by atoms with Gasteiger partial charge in [-0.15, -0.1) is 0 Å². The maximum absolute atomic E-state index is 12.4. The first kappa shape index (κ1) is 17.6. The van der Waals surface area contributed by atoms with E-state index in [-0.39, 0.29) is 5.91 Å². The Balaban J connectivity index is 1.28. The Morgan fingerprint density at radius 1 is 1.33 bits per heavy atom. The van der Waals surface area contributed by atoms with Crippen molar-refractivity contribution in [3.8, 4) is 0 Å². The van der Waals surface area contributed by atoms with Crippen LogP contribution in [0.4, 0.5) is 0 Å². The van der Waals surface area contributed by atoms with Crippen LogP contribution < -0.4 is 5.32 Å². The molecule has 9 nitrogen and oxygen atoms in total. The Labute approximate surface area is 157 Å². The first-order valence-corrected chi connectivity index (χ1v) is 9.02. The number of aryl methyl sites for hydroxylation is 2. The van der Waals surface area contributed by atoms with Gasteiger partial charge in [0.2, 0.25) is 0 Å². The highest BCUT2D eigenvalue weighted by Gasteiger charge is 2.46. The molecule has 2 aromatic heterocycles. The molecule has 0 aromatic carbocycles. The number of nitrogens with zero attached hydrogens (tertiary/aromatic N) is 6. The van der Waals surface area contributed by atoms with Crippen LogP contribution in [0.2, 0.25) is 0 Å². The number of oxime groups is 1. The lowest BCUT2D eigenvalue weighted by atomic mass is 9.96. The monoisotopic (exact) mass is 369 g/mol. The molecule has 1 amide bonds. The Kier molecular flexibility index (Phi) is 4.61. The van der Waals surface area contributed by atoms with Crippen molar-refractivity contribution < 1.29 is 9.63 Å². The van der Waals surface area contributed by atoms with Crippen molar-refractivity contribution in [2.75, 3.05) is 13.1 Å². The molecular weight excluding hydrogens is 346 g/mol. The van der Waals surface area contributed by atoms with Gasteiger partial charge in [-0.3, -0.25) is 24.3 Å². The van der Waals surface area contributed by atoms with Gasteiger partial charge in [-0.05, 0) is 6.92 Å². The van der Waals surface area contributed by atoms with Crippen molar-refractivity contribution in [3.05, 3.63) is 41.7 Å². The zero-order chi connectivity index (χ0) is 18.9. The minimum atomic E-state index is -0.390. The highest BCUT2D eigenvalue weighted by molar-refractivity contribution is 6.39. The van der Waals surface area contributed by atoms with Crippen molar-refractivity contribution >= 4 is 11.6 Å². The van der Waals surface area contributed by atoms with Crippen LogP contribution in [-0.2, 0) is 29.8 Å². The summed E-state index contributed by atoms with van der Waals surface area (Å²) < 4.78 is 1.80. The zero-order valence-electron chi connectivity index (χ0n) is 15.6. The molecule has 1 atom stereocenters. The summed E-state index contributed by atoms with van der Waals surface area (Å²) in [6.45, 7) is 4.69. The number of aromatic nitrogens is 4. The van der Waals surface area contributed by atoms with E-state index in [1.807, 2.05) is 26.4 Å². The average molecular weight is 369 g/mol. The standard InChI is InChI=1S/C18H23N7O2/c1-13-6-20-15(8-19-13)9-21-17(26)16-5-18(27-23-16)3-4-25(12-18)11-14-7-22-24(2)10-14/h6-8,10H,3-5,9,11-12H2,1-2H3,(H,21,26). The van der Waals surface area contributed by atoms with E-state index in [9.17, 15) is 4.79 Å². The van der Waals surface area contributed by atoms with Crippen LogP contribution in [0, 0.1) is 6.92 Å². The lowest BCUT2D eigenvalue weighted by molar-refractivity contribution is -0.115. The normalized spacial score (nSPS) is 22.1. The molecule has 2 aromatic rings. The smallest absolute Gasteiger partial charge is 0.269 e. The van der Waals surface area contributed by atoms with Gasteiger partial charge >= 0.3 is 0 Å². The highest BCUT2D eigenvalue weighted by atomic mass is 16.7. The molecule has 142 valence electrons. The summed E-state index contributed by atoms with van der Waals surface area (Å²) >= 11 is 0. The average Bonchev–Trinajstić information content (AvgIpc) is 3.36. The summed E-state index contributed by atoms with van der Waals surface area (Å²) in [5.74, 6) is -0.208. The summed E-state index contributed by atoms with van der Waals surface area (Å²) in [4.78, 5) is 28.8. The van der Waals surface area contributed by atoms with E-state index in [4.69, 9.17) is 4.84 Å². The quantitative estimate of drug-likeness (QED) is 0.827. The molecule has 0 saturated carbocycles. The Morgan fingerprint density at radius 2 is 2.22 bits per heavy atom. The van der Waals surface area contributed by atoms with Gasteiger partial charge in [0.25, 0.3) is 5.91 Å². The predicted molar refractivity (Wildman–Crippen MR) is 97.6 cm³/mol. The van der Waals surface area contributed by atoms with Gasteiger partial charge < -0.3 is 10.2 Å². The third-order valence-electron chi connectivity index (χ3n) is 4.93. The van der Waals surface area contributed by atoms with E-state index in [1.165, 1.54) is 5.56 Å². The van der Waals surface area contributed by atoms with Gasteiger partial charge in [0.05, 0.1) is 30.3 Å². The van der Waals surface area contributed by atoms with Crippen LogP contribution in [-0.4, -0.2) is 55.0 Å². The molecule has 0 aliphatic carbocycles.